The fourth-order valence-electron chi connectivity index (χ4n) is 2.57. The molecule has 1 heterocycles. The van der Waals surface area contributed by atoms with Gasteiger partial charge in [0.05, 0.1) is 0 Å². The molecule has 0 N–H and O–H groups in total. The molecule has 17 heavy (non-hydrogen) atoms. The Morgan fingerprint density at radius 3 is 2.94 bits per heavy atom. The molecule has 3 heteroatoms. The molecule has 0 radical (unpaired) electrons. The molecular formula is C14H19BrFN. The highest BCUT2D eigenvalue weighted by molar-refractivity contribution is 9.08. The molecule has 1 aromatic carbocycles. The monoisotopic (exact) mass is 299 g/mol. The third kappa shape index (κ3) is 3.01. The number of nitrogens with zero attached hydrogens (tertiary/aromatic N) is 1. The third-order valence-corrected chi connectivity index (χ3v) is 4.15. The SMILES string of the molecule is CC1CCCCCN1c1ccc(F)cc1CBr. The van der Waals surface area contributed by atoms with Crippen LogP contribution in [0.3, 0.4) is 0 Å². The minimum absolute atomic E-state index is 0.148. The van der Waals surface area contributed by atoms with Crippen LogP contribution in [0.25, 0.3) is 0 Å². The summed E-state index contributed by atoms with van der Waals surface area (Å²) in [6.45, 7) is 3.36. The summed E-state index contributed by atoms with van der Waals surface area (Å²) in [6, 6.07) is 5.69. The number of halogens is 2. The molecule has 0 saturated carbocycles. The van der Waals surface area contributed by atoms with E-state index >= 15 is 0 Å². The maximum absolute atomic E-state index is 13.2. The molecule has 0 aromatic heterocycles. The van der Waals surface area contributed by atoms with Crippen LogP contribution in [0.2, 0.25) is 0 Å². The van der Waals surface area contributed by atoms with E-state index in [9.17, 15) is 4.39 Å². The van der Waals surface area contributed by atoms with E-state index in [-0.39, 0.29) is 5.82 Å². The van der Waals surface area contributed by atoms with Crippen LogP contribution < -0.4 is 4.90 Å². The Labute approximate surface area is 111 Å². The van der Waals surface area contributed by atoms with Crippen LogP contribution in [0.5, 0.6) is 0 Å². The Bertz CT molecular complexity index is 380. The first-order valence-corrected chi connectivity index (χ1v) is 7.45. The Morgan fingerprint density at radius 1 is 1.35 bits per heavy atom. The topological polar surface area (TPSA) is 3.24 Å². The molecule has 1 unspecified atom stereocenters. The predicted octanol–water partition coefficient (Wildman–Crippen LogP) is 4.49. The van der Waals surface area contributed by atoms with Gasteiger partial charge in [-0.25, -0.2) is 4.39 Å². The van der Waals surface area contributed by atoms with Crippen LogP contribution in [0.4, 0.5) is 10.1 Å². The minimum atomic E-state index is -0.148. The van der Waals surface area contributed by atoms with E-state index in [1.807, 2.05) is 6.07 Å². The van der Waals surface area contributed by atoms with E-state index in [1.54, 1.807) is 12.1 Å². The van der Waals surface area contributed by atoms with Crippen LogP contribution >= 0.6 is 15.9 Å². The summed E-state index contributed by atoms with van der Waals surface area (Å²) >= 11 is 3.46. The zero-order valence-electron chi connectivity index (χ0n) is 10.3. The van der Waals surface area contributed by atoms with Gasteiger partial charge in [0.15, 0.2) is 0 Å². The van der Waals surface area contributed by atoms with Crippen molar-refractivity contribution in [2.75, 3.05) is 11.4 Å². The lowest BCUT2D eigenvalue weighted by Crippen LogP contribution is -2.33. The first kappa shape index (κ1) is 12.9. The van der Waals surface area contributed by atoms with E-state index in [1.165, 1.54) is 31.4 Å². The van der Waals surface area contributed by atoms with Gasteiger partial charge in [-0.05, 0) is 43.5 Å². The van der Waals surface area contributed by atoms with Crippen molar-refractivity contribution in [1.29, 1.82) is 0 Å². The Balaban J connectivity index is 2.30. The molecular weight excluding hydrogens is 281 g/mol. The lowest BCUT2D eigenvalue weighted by molar-refractivity contribution is 0.609. The van der Waals surface area contributed by atoms with Crippen LogP contribution in [-0.4, -0.2) is 12.6 Å². The Morgan fingerprint density at radius 2 is 2.18 bits per heavy atom. The molecule has 0 aliphatic carbocycles. The van der Waals surface area contributed by atoms with Gasteiger partial charge < -0.3 is 4.90 Å². The van der Waals surface area contributed by atoms with Crippen molar-refractivity contribution in [3.05, 3.63) is 29.6 Å². The highest BCUT2D eigenvalue weighted by atomic mass is 79.9. The van der Waals surface area contributed by atoms with Crippen molar-refractivity contribution in [2.24, 2.45) is 0 Å². The standard InChI is InChI=1S/C14H19BrFN/c1-11-5-3-2-4-8-17(11)14-7-6-13(16)9-12(14)10-15/h6-7,9,11H,2-5,8,10H2,1H3. The zero-order chi connectivity index (χ0) is 12.3. The summed E-state index contributed by atoms with van der Waals surface area (Å²) in [5, 5.41) is 0.712. The van der Waals surface area contributed by atoms with Crippen molar-refractivity contribution in [1.82, 2.24) is 0 Å². The van der Waals surface area contributed by atoms with Crippen LogP contribution in [0.15, 0.2) is 18.2 Å². The number of alkyl halides is 1. The first-order valence-electron chi connectivity index (χ1n) is 6.33. The van der Waals surface area contributed by atoms with Crippen molar-refractivity contribution < 1.29 is 4.39 Å². The van der Waals surface area contributed by atoms with Crippen molar-refractivity contribution in [2.45, 2.75) is 44.0 Å². The molecule has 0 bridgehead atoms. The van der Waals surface area contributed by atoms with E-state index in [4.69, 9.17) is 0 Å². The highest BCUT2D eigenvalue weighted by Gasteiger charge is 2.19. The van der Waals surface area contributed by atoms with E-state index in [2.05, 4.69) is 27.8 Å². The summed E-state index contributed by atoms with van der Waals surface area (Å²) in [4.78, 5) is 2.43. The van der Waals surface area contributed by atoms with Gasteiger partial charge in [0.25, 0.3) is 0 Å². The largest absolute Gasteiger partial charge is 0.369 e. The maximum Gasteiger partial charge on any atom is 0.123 e. The molecule has 1 atom stereocenters. The predicted molar refractivity (Wildman–Crippen MR) is 74.3 cm³/mol. The molecule has 94 valence electrons. The average molecular weight is 300 g/mol. The highest BCUT2D eigenvalue weighted by Crippen LogP contribution is 2.29. The second-order valence-electron chi connectivity index (χ2n) is 4.80. The second-order valence-corrected chi connectivity index (χ2v) is 5.36. The fraction of sp³-hybridized carbons (Fsp3) is 0.571. The third-order valence-electron chi connectivity index (χ3n) is 3.55. The summed E-state index contributed by atoms with van der Waals surface area (Å²) in [6.07, 6.45) is 5.09. The van der Waals surface area contributed by atoms with Crippen molar-refractivity contribution in [3.8, 4) is 0 Å². The lowest BCUT2D eigenvalue weighted by atomic mass is 10.1. The van der Waals surface area contributed by atoms with Crippen molar-refractivity contribution in [3.63, 3.8) is 0 Å². The van der Waals surface area contributed by atoms with Gasteiger partial charge >= 0.3 is 0 Å². The zero-order valence-corrected chi connectivity index (χ0v) is 11.8. The molecule has 1 fully saturated rings. The summed E-state index contributed by atoms with van der Waals surface area (Å²) < 4.78 is 13.2. The van der Waals surface area contributed by atoms with E-state index in [0.29, 0.717) is 11.4 Å². The average Bonchev–Trinajstić information content (AvgIpc) is 2.54. The number of rotatable bonds is 2. The Hall–Kier alpha value is -0.570. The number of hydrogen-bond donors (Lipinski definition) is 0. The van der Waals surface area contributed by atoms with Gasteiger partial charge in [0.1, 0.15) is 5.82 Å². The molecule has 1 nitrogen and oxygen atoms in total. The number of benzene rings is 1. The number of anilines is 1. The van der Waals surface area contributed by atoms with E-state index < -0.39 is 0 Å². The van der Waals surface area contributed by atoms with Crippen LogP contribution in [0.1, 0.15) is 38.2 Å². The molecule has 1 aliphatic heterocycles. The maximum atomic E-state index is 13.2. The lowest BCUT2D eigenvalue weighted by Gasteiger charge is -2.31. The molecule has 2 rings (SSSR count). The summed E-state index contributed by atoms with van der Waals surface area (Å²) in [7, 11) is 0. The minimum Gasteiger partial charge on any atom is -0.369 e. The first-order chi connectivity index (χ1) is 8.22. The van der Waals surface area contributed by atoms with Crippen LogP contribution in [-0.2, 0) is 5.33 Å². The van der Waals surface area contributed by atoms with Gasteiger partial charge in [-0.1, -0.05) is 28.8 Å². The second kappa shape index (κ2) is 5.85. The fourth-order valence-corrected chi connectivity index (χ4v) is 3.02. The molecule has 1 aliphatic rings. The number of hydrogen-bond acceptors (Lipinski definition) is 1. The van der Waals surface area contributed by atoms with Gasteiger partial charge in [-0.15, -0.1) is 0 Å². The Kier molecular flexibility index (Phi) is 4.43. The smallest absolute Gasteiger partial charge is 0.123 e. The molecule has 0 amide bonds. The van der Waals surface area contributed by atoms with Crippen LogP contribution in [0, 0.1) is 5.82 Å². The summed E-state index contributed by atoms with van der Waals surface area (Å²) in [5.41, 5.74) is 2.25. The quantitative estimate of drug-likeness (QED) is 0.727. The molecule has 0 spiro atoms. The normalized spacial score (nSPS) is 21.4. The van der Waals surface area contributed by atoms with Gasteiger partial charge in [-0.3, -0.25) is 0 Å². The molecule has 1 aromatic rings. The summed E-state index contributed by atoms with van der Waals surface area (Å²) in [5.74, 6) is -0.148. The van der Waals surface area contributed by atoms with Gasteiger partial charge in [-0.2, -0.15) is 0 Å². The van der Waals surface area contributed by atoms with Gasteiger partial charge in [0.2, 0.25) is 0 Å². The molecule has 1 saturated heterocycles. The van der Waals surface area contributed by atoms with E-state index in [0.717, 1.165) is 12.1 Å². The van der Waals surface area contributed by atoms with Gasteiger partial charge in [0, 0.05) is 23.6 Å². The van der Waals surface area contributed by atoms with Crippen molar-refractivity contribution >= 4 is 21.6 Å².